The monoisotopic (exact) mass is 390 g/mol. The Kier molecular flexibility index (Phi) is 6.99. The van der Waals surface area contributed by atoms with Crippen molar-refractivity contribution in [3.05, 3.63) is 41.0 Å². The summed E-state index contributed by atoms with van der Waals surface area (Å²) in [4.78, 5) is 25.0. The lowest BCUT2D eigenvalue weighted by molar-refractivity contribution is -0.128. The highest BCUT2D eigenvalue weighted by atomic mass is 16.5. The van der Waals surface area contributed by atoms with Gasteiger partial charge in [-0.3, -0.25) is 4.79 Å². The summed E-state index contributed by atoms with van der Waals surface area (Å²) in [5.41, 5.74) is 0.578. The zero-order chi connectivity index (χ0) is 21.0. The molecule has 1 aliphatic heterocycles. The van der Waals surface area contributed by atoms with Gasteiger partial charge in [0.1, 0.15) is 29.3 Å². The van der Waals surface area contributed by atoms with Gasteiger partial charge in [0.2, 0.25) is 0 Å². The van der Waals surface area contributed by atoms with Crippen LogP contribution in [-0.4, -0.2) is 52.5 Å². The molecule has 0 fully saturated rings. The van der Waals surface area contributed by atoms with Gasteiger partial charge in [-0.25, -0.2) is 4.79 Å². The first kappa shape index (κ1) is 21.7. The van der Waals surface area contributed by atoms with Crippen molar-refractivity contribution in [2.24, 2.45) is 5.92 Å². The number of carbonyl (C=O) groups is 2. The fourth-order valence-corrected chi connectivity index (χ4v) is 2.91. The Bertz CT molecular complexity index is 809. The van der Waals surface area contributed by atoms with Gasteiger partial charge in [0.25, 0.3) is 0 Å². The summed E-state index contributed by atoms with van der Waals surface area (Å²) in [5, 5.41) is 30.6. The smallest absolute Gasteiger partial charge is 0.342 e. The molecule has 28 heavy (non-hydrogen) atoms. The fourth-order valence-electron chi connectivity index (χ4n) is 2.91. The van der Waals surface area contributed by atoms with Gasteiger partial charge in [-0.2, -0.15) is 0 Å². The number of esters is 1. The number of benzene rings is 1. The fraction of sp³-hybridized carbons (Fsp3) is 0.429. The van der Waals surface area contributed by atoms with Crippen molar-refractivity contribution in [2.45, 2.75) is 45.5 Å². The third kappa shape index (κ3) is 4.79. The van der Waals surface area contributed by atoms with E-state index in [-0.39, 0.29) is 29.2 Å². The van der Waals surface area contributed by atoms with E-state index in [1.807, 2.05) is 0 Å². The molecule has 0 radical (unpaired) electrons. The number of Topliss-reactive ketones (excluding diaryl/α,β-unsaturated/α-hetero) is 1. The van der Waals surface area contributed by atoms with E-state index in [0.29, 0.717) is 11.3 Å². The van der Waals surface area contributed by atoms with Crippen LogP contribution < -0.4 is 4.74 Å². The quantitative estimate of drug-likeness (QED) is 0.630. The molecule has 1 aromatic carbocycles. The number of rotatable bonds is 1. The van der Waals surface area contributed by atoms with Gasteiger partial charge in [-0.05, 0) is 37.5 Å². The van der Waals surface area contributed by atoms with Gasteiger partial charge in [-0.1, -0.05) is 25.2 Å². The van der Waals surface area contributed by atoms with Crippen LogP contribution in [0.4, 0.5) is 0 Å². The van der Waals surface area contributed by atoms with Crippen molar-refractivity contribution in [1.82, 2.24) is 0 Å². The summed E-state index contributed by atoms with van der Waals surface area (Å²) in [5.74, 6) is -1.58. The lowest BCUT2D eigenvalue weighted by Gasteiger charge is -2.21. The maximum Gasteiger partial charge on any atom is 0.342 e. The number of hydrogen-bond acceptors (Lipinski definition) is 7. The Morgan fingerprint density at radius 1 is 1.18 bits per heavy atom. The molecule has 4 atom stereocenters. The third-order valence-electron chi connectivity index (χ3n) is 4.80. The van der Waals surface area contributed by atoms with Crippen LogP contribution in [0.15, 0.2) is 29.9 Å². The van der Waals surface area contributed by atoms with E-state index in [1.165, 1.54) is 25.3 Å². The van der Waals surface area contributed by atoms with Gasteiger partial charge in [0, 0.05) is 12.0 Å². The molecule has 0 aliphatic carbocycles. The van der Waals surface area contributed by atoms with Gasteiger partial charge in [0.15, 0.2) is 5.78 Å². The van der Waals surface area contributed by atoms with Gasteiger partial charge >= 0.3 is 5.97 Å². The number of phenols is 1. The first-order valence-corrected chi connectivity index (χ1v) is 9.03. The molecule has 0 aromatic heterocycles. The van der Waals surface area contributed by atoms with Crippen LogP contribution in [-0.2, 0) is 9.53 Å². The molecule has 0 amide bonds. The molecular formula is C21H26O7. The molecule has 1 aromatic rings. The second-order valence-corrected chi connectivity index (χ2v) is 6.94. The summed E-state index contributed by atoms with van der Waals surface area (Å²) < 4.78 is 10.6. The predicted octanol–water partition coefficient (Wildman–Crippen LogP) is 2.24. The largest absolute Gasteiger partial charge is 0.507 e. The number of phenolic OH excluding ortho intramolecular Hbond substituents is 1. The molecular weight excluding hydrogens is 364 g/mol. The van der Waals surface area contributed by atoms with E-state index in [0.717, 1.165) is 0 Å². The molecule has 3 N–H and O–H groups in total. The lowest BCUT2D eigenvalue weighted by atomic mass is 9.95. The summed E-state index contributed by atoms with van der Waals surface area (Å²) in [6.45, 7) is 4.97. The highest BCUT2D eigenvalue weighted by molar-refractivity contribution is 5.99. The molecule has 152 valence electrons. The topological polar surface area (TPSA) is 113 Å². The minimum atomic E-state index is -1.56. The standard InChI is InChI=1S/C21H26O7/c1-11-8-12(2)19(24)20(25)16(22)7-5-6-14-9-15(27-4)10-17(23)18(14)21(26)28-13(11)3/h5-6,8-11,13,16,20,22-23,25H,7H2,1-4H3/b6-5+,12-8-/t11-,13+,16+,20+/m1/s1. The van der Waals surface area contributed by atoms with Crippen molar-refractivity contribution >= 4 is 17.8 Å². The molecule has 0 saturated carbocycles. The van der Waals surface area contributed by atoms with Gasteiger partial charge in [-0.15, -0.1) is 0 Å². The summed E-state index contributed by atoms with van der Waals surface area (Å²) in [6.07, 6.45) is 1.10. The second kappa shape index (κ2) is 9.03. The van der Waals surface area contributed by atoms with E-state index < -0.39 is 30.1 Å². The lowest BCUT2D eigenvalue weighted by Crippen LogP contribution is -2.34. The second-order valence-electron chi connectivity index (χ2n) is 6.94. The zero-order valence-corrected chi connectivity index (χ0v) is 16.4. The summed E-state index contributed by atoms with van der Waals surface area (Å²) in [6, 6.07) is 2.86. The first-order chi connectivity index (χ1) is 13.1. The number of ketones is 1. The average molecular weight is 390 g/mol. The predicted molar refractivity (Wildman–Crippen MR) is 103 cm³/mol. The van der Waals surface area contributed by atoms with Crippen molar-refractivity contribution in [1.29, 1.82) is 0 Å². The molecule has 1 heterocycles. The Balaban J connectivity index is 2.54. The number of carbonyl (C=O) groups excluding carboxylic acids is 2. The normalized spacial score (nSPS) is 29.7. The number of ether oxygens (including phenoxy) is 2. The molecule has 2 rings (SSSR count). The van der Waals surface area contributed by atoms with E-state index in [1.54, 1.807) is 32.9 Å². The minimum Gasteiger partial charge on any atom is -0.507 e. The molecule has 1 aliphatic rings. The van der Waals surface area contributed by atoms with Crippen LogP contribution >= 0.6 is 0 Å². The molecule has 7 nitrogen and oxygen atoms in total. The Morgan fingerprint density at radius 3 is 2.50 bits per heavy atom. The Morgan fingerprint density at radius 2 is 1.86 bits per heavy atom. The minimum absolute atomic E-state index is 0.0278. The van der Waals surface area contributed by atoms with Gasteiger partial charge in [0.05, 0.1) is 13.2 Å². The van der Waals surface area contributed by atoms with Crippen LogP contribution in [0.5, 0.6) is 11.5 Å². The summed E-state index contributed by atoms with van der Waals surface area (Å²) in [7, 11) is 1.43. The molecule has 7 heteroatoms. The van der Waals surface area contributed by atoms with E-state index >= 15 is 0 Å². The van der Waals surface area contributed by atoms with E-state index in [2.05, 4.69) is 0 Å². The average Bonchev–Trinajstić information content (AvgIpc) is 2.65. The van der Waals surface area contributed by atoms with E-state index in [4.69, 9.17) is 9.47 Å². The number of methoxy groups -OCH3 is 1. The number of aliphatic hydroxyl groups excluding tert-OH is 2. The number of aliphatic hydroxyl groups is 2. The highest BCUT2D eigenvalue weighted by Gasteiger charge is 2.27. The van der Waals surface area contributed by atoms with Crippen LogP contribution in [0.2, 0.25) is 0 Å². The van der Waals surface area contributed by atoms with Crippen molar-refractivity contribution in [3.63, 3.8) is 0 Å². The molecule has 0 bridgehead atoms. The van der Waals surface area contributed by atoms with Crippen molar-refractivity contribution < 1.29 is 34.4 Å². The number of fused-ring (bicyclic) bond motifs is 1. The van der Waals surface area contributed by atoms with Crippen LogP contribution in [0.25, 0.3) is 6.08 Å². The maximum atomic E-state index is 12.7. The molecule has 0 spiro atoms. The Hall–Kier alpha value is -2.64. The van der Waals surface area contributed by atoms with Crippen LogP contribution in [0.3, 0.4) is 0 Å². The third-order valence-corrected chi connectivity index (χ3v) is 4.80. The number of aromatic hydroxyl groups is 1. The van der Waals surface area contributed by atoms with Gasteiger partial charge < -0.3 is 24.8 Å². The Labute approximate surface area is 163 Å². The zero-order valence-electron chi connectivity index (χ0n) is 16.4. The van der Waals surface area contributed by atoms with Crippen LogP contribution in [0, 0.1) is 5.92 Å². The molecule has 0 unspecified atom stereocenters. The van der Waals surface area contributed by atoms with Crippen molar-refractivity contribution in [2.75, 3.05) is 7.11 Å². The highest BCUT2D eigenvalue weighted by Crippen LogP contribution is 2.31. The number of hydrogen-bond donors (Lipinski definition) is 3. The SMILES string of the molecule is COc1cc(O)c2c(c1)/C=C/C[C@H](O)[C@H](O)C(=O)/C(C)=C\[C@@H](C)[C@H](C)OC2=O. The van der Waals surface area contributed by atoms with Crippen molar-refractivity contribution in [3.8, 4) is 11.5 Å². The first-order valence-electron chi connectivity index (χ1n) is 9.03. The van der Waals surface area contributed by atoms with E-state index in [9.17, 15) is 24.9 Å². The molecule has 0 saturated heterocycles. The van der Waals surface area contributed by atoms with Crippen LogP contribution in [0.1, 0.15) is 43.1 Å². The maximum absolute atomic E-state index is 12.7. The summed E-state index contributed by atoms with van der Waals surface area (Å²) >= 11 is 0. The number of cyclic esters (lactones) is 1.